The molecular formula is C29H31F2NO4. The van der Waals surface area contributed by atoms with Crippen LogP contribution in [0.15, 0.2) is 66.7 Å². The number of aryl methyl sites for hydroxylation is 2. The van der Waals surface area contributed by atoms with E-state index >= 15 is 0 Å². The van der Waals surface area contributed by atoms with Gasteiger partial charge in [-0.05, 0) is 78.8 Å². The van der Waals surface area contributed by atoms with Crippen molar-refractivity contribution in [2.24, 2.45) is 0 Å². The Kier molecular flexibility index (Phi) is 7.80. The lowest BCUT2D eigenvalue weighted by molar-refractivity contribution is 0.0243. The van der Waals surface area contributed by atoms with Crippen molar-refractivity contribution in [2.75, 3.05) is 13.2 Å². The van der Waals surface area contributed by atoms with Gasteiger partial charge in [-0.3, -0.25) is 0 Å². The first kappa shape index (κ1) is 24.7. The number of benzene rings is 3. The highest BCUT2D eigenvalue weighted by Gasteiger charge is 2.36. The molecule has 1 saturated heterocycles. The number of hydrogen-bond acceptors (Lipinski definition) is 5. The van der Waals surface area contributed by atoms with Gasteiger partial charge in [-0.2, -0.15) is 0 Å². The largest absolute Gasteiger partial charge is 0.487 e. The molecule has 4 atom stereocenters. The predicted molar refractivity (Wildman–Crippen MR) is 132 cm³/mol. The summed E-state index contributed by atoms with van der Waals surface area (Å²) in [5.74, 6) is 1.07. The molecule has 1 fully saturated rings. The van der Waals surface area contributed by atoms with Crippen molar-refractivity contribution in [3.63, 3.8) is 0 Å². The lowest BCUT2D eigenvalue weighted by atomic mass is 9.99. The molecule has 0 spiro atoms. The summed E-state index contributed by atoms with van der Waals surface area (Å²) in [7, 11) is 0. The summed E-state index contributed by atoms with van der Waals surface area (Å²) in [6.45, 7) is 1.99. The van der Waals surface area contributed by atoms with Crippen LogP contribution in [0.2, 0.25) is 0 Å². The summed E-state index contributed by atoms with van der Waals surface area (Å²) in [5.41, 5.74) is 3.03. The van der Waals surface area contributed by atoms with E-state index in [1.165, 1.54) is 23.8 Å². The van der Waals surface area contributed by atoms with Crippen LogP contribution in [-0.2, 0) is 24.1 Å². The molecule has 0 unspecified atom stereocenters. The maximum Gasteiger partial charge on any atom is 0.127 e. The number of aliphatic hydroxyl groups excluding tert-OH is 1. The van der Waals surface area contributed by atoms with Crippen molar-refractivity contribution >= 4 is 0 Å². The van der Waals surface area contributed by atoms with Gasteiger partial charge in [0.05, 0.1) is 6.61 Å². The number of halogens is 2. The van der Waals surface area contributed by atoms with Gasteiger partial charge in [0, 0.05) is 13.1 Å². The second kappa shape index (κ2) is 11.4. The van der Waals surface area contributed by atoms with E-state index in [4.69, 9.17) is 14.2 Å². The third-order valence-corrected chi connectivity index (χ3v) is 6.73. The smallest absolute Gasteiger partial charge is 0.127 e. The molecule has 36 heavy (non-hydrogen) atoms. The molecule has 0 aliphatic carbocycles. The van der Waals surface area contributed by atoms with Gasteiger partial charge in [0.15, 0.2) is 0 Å². The number of epoxide rings is 1. The first-order chi connectivity index (χ1) is 17.5. The van der Waals surface area contributed by atoms with Gasteiger partial charge in [-0.25, -0.2) is 8.78 Å². The number of nitrogens with one attached hydrogen (secondary N) is 1. The summed E-state index contributed by atoms with van der Waals surface area (Å²) in [6, 6.07) is 19.3. The summed E-state index contributed by atoms with van der Waals surface area (Å²) >= 11 is 0. The standard InChI is InChI=1S/C18H20FNO2.C11H11FO2/c19-15-7-9-17-14(10-15)6-8-18(22-17)16(21)12-20-11-13-4-2-1-3-5-13;12-8-2-4-9-7(5-8)1-3-10(14-9)11-6-13-11/h1-5,7,9-10,16,18,20-21H,6,8,11-12H2;2,4-5,10-11H,1,3,6H2/t16-,18+;10-,11+/m10/s1. The first-order valence-electron chi connectivity index (χ1n) is 12.5. The van der Waals surface area contributed by atoms with Crippen LogP contribution >= 0.6 is 0 Å². The van der Waals surface area contributed by atoms with Crippen molar-refractivity contribution in [3.05, 3.63) is 95.1 Å². The van der Waals surface area contributed by atoms with Crippen LogP contribution in [0.1, 0.15) is 29.5 Å². The van der Waals surface area contributed by atoms with Gasteiger partial charge in [0.25, 0.3) is 0 Å². The Labute approximate surface area is 210 Å². The molecule has 2 N–H and O–H groups in total. The minimum Gasteiger partial charge on any atom is -0.487 e. The third-order valence-electron chi connectivity index (χ3n) is 6.73. The van der Waals surface area contributed by atoms with Crippen molar-refractivity contribution in [3.8, 4) is 11.5 Å². The average Bonchev–Trinajstić information content (AvgIpc) is 3.75. The topological polar surface area (TPSA) is 63.2 Å². The normalized spacial score (nSPS) is 22.6. The molecule has 3 aliphatic heterocycles. The number of aliphatic hydroxyl groups is 1. The van der Waals surface area contributed by atoms with E-state index in [-0.39, 0.29) is 29.9 Å². The molecule has 3 heterocycles. The zero-order valence-corrected chi connectivity index (χ0v) is 20.0. The highest BCUT2D eigenvalue weighted by molar-refractivity contribution is 5.37. The fourth-order valence-corrected chi connectivity index (χ4v) is 4.65. The monoisotopic (exact) mass is 495 g/mol. The molecule has 7 heteroatoms. The van der Waals surface area contributed by atoms with E-state index in [0.717, 1.165) is 42.7 Å². The maximum absolute atomic E-state index is 13.2. The number of hydrogen-bond donors (Lipinski definition) is 2. The predicted octanol–water partition coefficient (Wildman–Crippen LogP) is 4.59. The fourth-order valence-electron chi connectivity index (χ4n) is 4.65. The van der Waals surface area contributed by atoms with Crippen molar-refractivity contribution < 1.29 is 28.1 Å². The van der Waals surface area contributed by atoms with Gasteiger partial charge in [-0.15, -0.1) is 0 Å². The number of ether oxygens (including phenoxy) is 3. The Balaban J connectivity index is 0.000000163. The molecule has 6 rings (SSSR count). The molecule has 0 bridgehead atoms. The summed E-state index contributed by atoms with van der Waals surface area (Å²) < 4.78 is 42.7. The summed E-state index contributed by atoms with van der Waals surface area (Å²) in [4.78, 5) is 0. The van der Waals surface area contributed by atoms with Crippen LogP contribution in [0, 0.1) is 11.6 Å². The average molecular weight is 496 g/mol. The maximum atomic E-state index is 13.2. The van der Waals surface area contributed by atoms with E-state index < -0.39 is 6.10 Å². The Morgan fingerprint density at radius 1 is 0.833 bits per heavy atom. The van der Waals surface area contributed by atoms with Crippen LogP contribution in [0.3, 0.4) is 0 Å². The van der Waals surface area contributed by atoms with Crippen LogP contribution in [0.25, 0.3) is 0 Å². The van der Waals surface area contributed by atoms with Crippen molar-refractivity contribution in [1.29, 1.82) is 0 Å². The number of rotatable bonds is 6. The molecule has 190 valence electrons. The Bertz CT molecular complexity index is 1160. The number of fused-ring (bicyclic) bond motifs is 2. The second-order valence-electron chi connectivity index (χ2n) is 9.45. The Morgan fingerprint density at radius 2 is 1.47 bits per heavy atom. The quantitative estimate of drug-likeness (QED) is 0.490. The minimum absolute atomic E-state index is 0.174. The van der Waals surface area contributed by atoms with Gasteiger partial charge in [0.2, 0.25) is 0 Å². The second-order valence-corrected chi connectivity index (χ2v) is 9.45. The van der Waals surface area contributed by atoms with E-state index in [1.807, 2.05) is 30.3 Å². The lowest BCUT2D eigenvalue weighted by Gasteiger charge is -2.29. The molecule has 0 aromatic heterocycles. The minimum atomic E-state index is -0.582. The van der Waals surface area contributed by atoms with Crippen molar-refractivity contribution in [1.82, 2.24) is 5.32 Å². The van der Waals surface area contributed by atoms with E-state index in [9.17, 15) is 13.9 Å². The van der Waals surface area contributed by atoms with Gasteiger partial charge in [0.1, 0.15) is 47.5 Å². The fraction of sp³-hybridized carbons (Fsp3) is 0.379. The van der Waals surface area contributed by atoms with Crippen LogP contribution in [-0.4, -0.2) is 42.7 Å². The molecule has 3 aromatic rings. The van der Waals surface area contributed by atoms with Gasteiger partial charge < -0.3 is 24.6 Å². The SMILES string of the molecule is Fc1ccc2c(c1)CC[C@@H]([C@H]1CO1)O2.O[C@H](CNCc1ccccc1)[C@@H]1CCc2cc(F)ccc2O1. The van der Waals surface area contributed by atoms with Crippen LogP contribution in [0.4, 0.5) is 8.78 Å². The molecule has 3 aliphatic rings. The first-order valence-corrected chi connectivity index (χ1v) is 12.5. The highest BCUT2D eigenvalue weighted by atomic mass is 19.1. The molecule has 0 amide bonds. The molecular weight excluding hydrogens is 464 g/mol. The summed E-state index contributed by atoms with van der Waals surface area (Å²) in [6.07, 6.45) is 2.86. The van der Waals surface area contributed by atoms with E-state index in [0.29, 0.717) is 25.3 Å². The Morgan fingerprint density at radius 3 is 2.14 bits per heavy atom. The summed E-state index contributed by atoms with van der Waals surface area (Å²) in [5, 5.41) is 13.5. The van der Waals surface area contributed by atoms with Crippen molar-refractivity contribution in [2.45, 2.75) is 56.6 Å². The van der Waals surface area contributed by atoms with Crippen LogP contribution in [0.5, 0.6) is 11.5 Å². The van der Waals surface area contributed by atoms with Crippen LogP contribution < -0.4 is 14.8 Å². The van der Waals surface area contributed by atoms with E-state index in [2.05, 4.69) is 5.32 Å². The van der Waals surface area contributed by atoms with Gasteiger partial charge >= 0.3 is 0 Å². The highest BCUT2D eigenvalue weighted by Crippen LogP contribution is 2.32. The zero-order chi connectivity index (χ0) is 24.9. The molecule has 0 saturated carbocycles. The lowest BCUT2D eigenvalue weighted by Crippen LogP contribution is -2.41. The molecule has 5 nitrogen and oxygen atoms in total. The third kappa shape index (κ3) is 6.40. The molecule has 0 radical (unpaired) electrons. The van der Waals surface area contributed by atoms with Gasteiger partial charge in [-0.1, -0.05) is 30.3 Å². The Hall–Kier alpha value is -3.00. The zero-order valence-electron chi connectivity index (χ0n) is 20.0. The van der Waals surface area contributed by atoms with E-state index in [1.54, 1.807) is 18.2 Å². The molecule has 3 aromatic carbocycles.